The average Bonchev–Trinajstić information content (AvgIpc) is 2.97. The first-order valence-corrected chi connectivity index (χ1v) is 6.84. The Hall–Kier alpha value is -1.67. The predicted octanol–water partition coefficient (Wildman–Crippen LogP) is 0.302. The van der Waals surface area contributed by atoms with Gasteiger partial charge in [0, 0.05) is 18.6 Å². The normalized spacial score (nSPS) is 19.1. The number of hydrogen-bond donors (Lipinski definition) is 3. The van der Waals surface area contributed by atoms with Gasteiger partial charge in [0.2, 0.25) is 5.91 Å². The molecule has 8 heteroatoms. The molecular weight excluding hydrogens is 268 g/mol. The van der Waals surface area contributed by atoms with Gasteiger partial charge < -0.3 is 21.0 Å². The van der Waals surface area contributed by atoms with Crippen LogP contribution in [0.5, 0.6) is 0 Å². The third kappa shape index (κ3) is 2.85. The molecule has 1 fully saturated rings. The highest BCUT2D eigenvalue weighted by Crippen LogP contribution is 2.31. The van der Waals surface area contributed by atoms with Gasteiger partial charge in [-0.2, -0.15) is 0 Å². The Morgan fingerprint density at radius 1 is 1.63 bits per heavy atom. The van der Waals surface area contributed by atoms with Crippen molar-refractivity contribution in [2.75, 3.05) is 13.2 Å². The molecule has 1 aliphatic rings. The van der Waals surface area contributed by atoms with Gasteiger partial charge in [-0.25, -0.2) is 4.98 Å². The maximum absolute atomic E-state index is 12.4. The molecule has 0 aromatic carbocycles. The van der Waals surface area contributed by atoms with E-state index in [4.69, 9.17) is 15.7 Å². The lowest BCUT2D eigenvalue weighted by atomic mass is 9.78. The molecular formula is C11H16N4O3S. The van der Waals surface area contributed by atoms with Gasteiger partial charge in [-0.05, 0) is 12.8 Å². The molecule has 0 bridgehead atoms. The van der Waals surface area contributed by atoms with Crippen LogP contribution in [0.4, 0.5) is 0 Å². The van der Waals surface area contributed by atoms with Crippen molar-refractivity contribution in [3.05, 3.63) is 16.6 Å². The Morgan fingerprint density at radius 3 is 2.95 bits per heavy atom. The molecule has 0 atom stereocenters. The molecule has 104 valence electrons. The first kappa shape index (κ1) is 13.8. The van der Waals surface area contributed by atoms with Crippen LogP contribution in [0.2, 0.25) is 0 Å². The van der Waals surface area contributed by atoms with Gasteiger partial charge in [0.25, 0.3) is 0 Å². The monoisotopic (exact) mass is 284 g/mol. The third-order valence-corrected chi connectivity index (χ3v) is 3.93. The van der Waals surface area contributed by atoms with Crippen molar-refractivity contribution in [2.24, 2.45) is 16.3 Å². The van der Waals surface area contributed by atoms with E-state index < -0.39 is 5.41 Å². The van der Waals surface area contributed by atoms with Crippen molar-refractivity contribution in [1.82, 2.24) is 10.3 Å². The number of carbonyl (C=O) groups is 1. The van der Waals surface area contributed by atoms with Gasteiger partial charge in [-0.15, -0.1) is 11.3 Å². The Labute approximate surface area is 114 Å². The summed E-state index contributed by atoms with van der Waals surface area (Å²) in [5.41, 5.74) is 7.21. The van der Waals surface area contributed by atoms with Crippen molar-refractivity contribution < 1.29 is 14.7 Å². The standard InChI is InChI=1S/C11H16N4O3S/c12-9(15-17)11(1-3-18-4-2-11)10(16)13-5-8-6-19-7-14-8/h6-7,17H,1-5H2,(H2,12,15)(H,13,16). The zero-order valence-electron chi connectivity index (χ0n) is 10.3. The predicted molar refractivity (Wildman–Crippen MR) is 69.9 cm³/mol. The maximum Gasteiger partial charge on any atom is 0.234 e. The quantitative estimate of drug-likeness (QED) is 0.319. The average molecular weight is 284 g/mol. The molecule has 1 aromatic heterocycles. The van der Waals surface area contributed by atoms with Gasteiger partial charge in [-0.3, -0.25) is 4.79 Å². The van der Waals surface area contributed by atoms with Gasteiger partial charge >= 0.3 is 0 Å². The molecule has 1 amide bonds. The lowest BCUT2D eigenvalue weighted by Crippen LogP contribution is -2.52. The number of rotatable bonds is 4. The summed E-state index contributed by atoms with van der Waals surface area (Å²) in [5.74, 6) is -0.314. The Bertz CT molecular complexity index is 455. The molecule has 0 unspecified atom stereocenters. The molecule has 1 saturated heterocycles. The minimum Gasteiger partial charge on any atom is -0.409 e. The van der Waals surface area contributed by atoms with Crippen LogP contribution in [0.15, 0.2) is 16.0 Å². The van der Waals surface area contributed by atoms with E-state index in [1.54, 1.807) is 5.51 Å². The number of thiazole rings is 1. The highest BCUT2D eigenvalue weighted by molar-refractivity contribution is 7.07. The number of amides is 1. The van der Waals surface area contributed by atoms with Gasteiger partial charge in [0.1, 0.15) is 5.41 Å². The summed E-state index contributed by atoms with van der Waals surface area (Å²) in [6.07, 6.45) is 0.817. The van der Waals surface area contributed by atoms with Crippen LogP contribution in [0, 0.1) is 5.41 Å². The van der Waals surface area contributed by atoms with E-state index in [2.05, 4.69) is 15.5 Å². The molecule has 2 heterocycles. The summed E-state index contributed by atoms with van der Waals surface area (Å²) in [7, 11) is 0. The van der Waals surface area contributed by atoms with Crippen LogP contribution in [0.3, 0.4) is 0 Å². The van der Waals surface area contributed by atoms with Gasteiger partial charge in [0.15, 0.2) is 5.84 Å². The number of nitrogens with one attached hydrogen (secondary N) is 1. The van der Waals surface area contributed by atoms with E-state index in [1.807, 2.05) is 5.38 Å². The number of amidine groups is 1. The largest absolute Gasteiger partial charge is 0.409 e. The van der Waals surface area contributed by atoms with Crippen LogP contribution in [-0.4, -0.2) is 35.1 Å². The summed E-state index contributed by atoms with van der Waals surface area (Å²) in [6, 6.07) is 0. The Kier molecular flexibility index (Phi) is 4.33. The number of ether oxygens (including phenoxy) is 1. The highest BCUT2D eigenvalue weighted by atomic mass is 32.1. The fourth-order valence-corrected chi connectivity index (χ4v) is 2.64. The molecule has 0 spiro atoms. The second kappa shape index (κ2) is 5.98. The maximum atomic E-state index is 12.4. The molecule has 0 aliphatic carbocycles. The fraction of sp³-hybridized carbons (Fsp3) is 0.545. The van der Waals surface area contributed by atoms with Crippen LogP contribution in [-0.2, 0) is 16.1 Å². The van der Waals surface area contributed by atoms with Gasteiger partial charge in [-0.1, -0.05) is 5.16 Å². The smallest absolute Gasteiger partial charge is 0.234 e. The highest BCUT2D eigenvalue weighted by Gasteiger charge is 2.44. The number of nitrogens with two attached hydrogens (primary N) is 1. The molecule has 19 heavy (non-hydrogen) atoms. The summed E-state index contributed by atoms with van der Waals surface area (Å²) in [6.45, 7) is 1.17. The van der Waals surface area contributed by atoms with Crippen LogP contribution >= 0.6 is 11.3 Å². The van der Waals surface area contributed by atoms with E-state index in [9.17, 15) is 4.79 Å². The van der Waals surface area contributed by atoms with E-state index >= 15 is 0 Å². The summed E-state index contributed by atoms with van der Waals surface area (Å²) in [4.78, 5) is 16.4. The van der Waals surface area contributed by atoms with E-state index in [0.29, 0.717) is 32.6 Å². The fourth-order valence-electron chi connectivity index (χ4n) is 2.08. The van der Waals surface area contributed by atoms with Crippen molar-refractivity contribution in [2.45, 2.75) is 19.4 Å². The molecule has 7 nitrogen and oxygen atoms in total. The SMILES string of the molecule is NC(=NO)C1(C(=O)NCc2cscn2)CCOCC1. The molecule has 4 N–H and O–H groups in total. The summed E-state index contributed by atoms with van der Waals surface area (Å²) >= 11 is 1.47. The van der Waals surface area contributed by atoms with Gasteiger partial charge in [0.05, 0.1) is 17.7 Å². The van der Waals surface area contributed by atoms with Crippen LogP contribution in [0.25, 0.3) is 0 Å². The molecule has 0 saturated carbocycles. The van der Waals surface area contributed by atoms with E-state index in [1.165, 1.54) is 11.3 Å². The van der Waals surface area contributed by atoms with E-state index in [-0.39, 0.29) is 11.7 Å². The van der Waals surface area contributed by atoms with Crippen LogP contribution in [0.1, 0.15) is 18.5 Å². The van der Waals surface area contributed by atoms with Crippen molar-refractivity contribution >= 4 is 23.1 Å². The minimum absolute atomic E-state index is 0.0634. The van der Waals surface area contributed by atoms with E-state index in [0.717, 1.165) is 5.69 Å². The van der Waals surface area contributed by atoms with Crippen molar-refractivity contribution in [3.8, 4) is 0 Å². The number of nitrogens with zero attached hydrogens (tertiary/aromatic N) is 2. The topological polar surface area (TPSA) is 110 Å². The first-order valence-electron chi connectivity index (χ1n) is 5.90. The number of aromatic nitrogens is 1. The zero-order chi connectivity index (χ0) is 13.7. The van der Waals surface area contributed by atoms with Crippen molar-refractivity contribution in [1.29, 1.82) is 0 Å². The molecule has 1 aromatic rings. The summed E-state index contributed by atoms with van der Waals surface area (Å²) in [5, 5.41) is 16.5. The summed E-state index contributed by atoms with van der Waals surface area (Å²) < 4.78 is 5.24. The lowest BCUT2D eigenvalue weighted by molar-refractivity contribution is -0.131. The first-order chi connectivity index (χ1) is 9.19. The number of oxime groups is 1. The third-order valence-electron chi connectivity index (χ3n) is 3.29. The second-order valence-corrected chi connectivity index (χ2v) is 5.06. The zero-order valence-corrected chi connectivity index (χ0v) is 11.2. The number of hydrogen-bond acceptors (Lipinski definition) is 6. The molecule has 2 rings (SSSR count). The Balaban J connectivity index is 2.07. The lowest BCUT2D eigenvalue weighted by Gasteiger charge is -2.34. The minimum atomic E-state index is -0.983. The van der Waals surface area contributed by atoms with Crippen LogP contribution < -0.4 is 11.1 Å². The van der Waals surface area contributed by atoms with Crippen molar-refractivity contribution in [3.63, 3.8) is 0 Å². The molecule has 0 radical (unpaired) electrons. The number of carbonyl (C=O) groups excluding carboxylic acids is 1. The Morgan fingerprint density at radius 2 is 2.37 bits per heavy atom. The molecule has 1 aliphatic heterocycles. The second-order valence-electron chi connectivity index (χ2n) is 4.34.